The lowest BCUT2D eigenvalue weighted by atomic mass is 9.58. The molecule has 1 saturated heterocycles. The van der Waals surface area contributed by atoms with Crippen LogP contribution in [-0.2, 0) is 9.59 Å². The molecule has 0 saturated carbocycles. The van der Waals surface area contributed by atoms with E-state index in [0.717, 1.165) is 17.5 Å². The Labute approximate surface area is 217 Å². The molecule has 2 aliphatic heterocycles. The van der Waals surface area contributed by atoms with E-state index in [9.17, 15) is 19.5 Å². The molecule has 5 rings (SSSR count). The Bertz CT molecular complexity index is 1310. The fraction of sp³-hybridized carbons (Fsp3) is 0.400. The average molecular weight is 500 g/mol. The number of allylic oxidation sites excluding steroid dienone is 2. The van der Waals surface area contributed by atoms with E-state index in [-0.39, 0.29) is 40.7 Å². The second-order valence-electron chi connectivity index (χ2n) is 11.3. The molecule has 0 spiro atoms. The quantitative estimate of drug-likeness (QED) is 0.622. The fourth-order valence-corrected chi connectivity index (χ4v) is 6.70. The van der Waals surface area contributed by atoms with E-state index >= 15 is 0 Å². The van der Waals surface area contributed by atoms with Gasteiger partial charge in [0.2, 0.25) is 11.8 Å². The van der Waals surface area contributed by atoms with Crippen LogP contribution >= 0.6 is 0 Å². The summed E-state index contributed by atoms with van der Waals surface area (Å²) in [5, 5.41) is 9.26. The fourth-order valence-electron chi connectivity index (χ4n) is 6.70. The zero-order valence-electron chi connectivity index (χ0n) is 21.8. The van der Waals surface area contributed by atoms with Crippen molar-refractivity contribution >= 4 is 23.4 Å². The minimum atomic E-state index is -0.934. The van der Waals surface area contributed by atoms with Crippen molar-refractivity contribution in [2.75, 3.05) is 20.1 Å². The van der Waals surface area contributed by atoms with Crippen LogP contribution in [0.2, 0.25) is 0 Å². The number of carboxylic acid groups (broad SMARTS) is 1. The molecule has 2 amide bonds. The number of nitrogens with zero attached hydrogens (tertiary/aromatic N) is 3. The number of aromatic carboxylic acids is 1. The van der Waals surface area contributed by atoms with Gasteiger partial charge in [0.25, 0.3) is 0 Å². The molecule has 3 aliphatic rings. The molecule has 1 aromatic heterocycles. The zero-order chi connectivity index (χ0) is 26.5. The third-order valence-corrected chi connectivity index (χ3v) is 8.49. The van der Waals surface area contributed by atoms with Gasteiger partial charge in [0.1, 0.15) is 0 Å². The lowest BCUT2D eigenvalue weighted by Gasteiger charge is -2.51. The molecule has 0 unspecified atom stereocenters. The van der Waals surface area contributed by atoms with Crippen molar-refractivity contribution in [3.8, 4) is 0 Å². The number of hydrogen-bond acceptors (Lipinski definition) is 4. The Hall–Kier alpha value is -3.74. The van der Waals surface area contributed by atoms with E-state index in [1.54, 1.807) is 36.5 Å². The van der Waals surface area contributed by atoms with Gasteiger partial charge in [-0.05, 0) is 41.3 Å². The maximum atomic E-state index is 13.9. The average Bonchev–Trinajstić information content (AvgIpc) is 3.17. The Morgan fingerprint density at radius 2 is 1.81 bits per heavy atom. The van der Waals surface area contributed by atoms with Crippen molar-refractivity contribution in [3.63, 3.8) is 0 Å². The number of amides is 2. The molecule has 0 radical (unpaired) electrons. The summed E-state index contributed by atoms with van der Waals surface area (Å²) in [5.74, 6) is -1.38. The van der Waals surface area contributed by atoms with Gasteiger partial charge in [0.05, 0.1) is 17.5 Å². The monoisotopic (exact) mass is 499 g/mol. The first-order chi connectivity index (χ1) is 17.5. The van der Waals surface area contributed by atoms with Gasteiger partial charge in [-0.15, -0.1) is 0 Å². The molecule has 2 aromatic rings. The van der Waals surface area contributed by atoms with Crippen LogP contribution in [-0.4, -0.2) is 57.8 Å². The number of pyridine rings is 1. The molecule has 192 valence electrons. The second-order valence-corrected chi connectivity index (χ2v) is 11.3. The second kappa shape index (κ2) is 8.98. The van der Waals surface area contributed by atoms with Crippen LogP contribution in [0.3, 0.4) is 0 Å². The molecule has 37 heavy (non-hydrogen) atoms. The summed E-state index contributed by atoms with van der Waals surface area (Å²) in [6, 6.07) is 10.5. The molecule has 1 aromatic carbocycles. The molecule has 1 fully saturated rings. The molecular weight excluding hydrogens is 466 g/mol. The van der Waals surface area contributed by atoms with Crippen LogP contribution in [0.1, 0.15) is 61.1 Å². The van der Waals surface area contributed by atoms with E-state index in [4.69, 9.17) is 0 Å². The lowest BCUT2D eigenvalue weighted by molar-refractivity contribution is -0.137. The summed E-state index contributed by atoms with van der Waals surface area (Å²) in [5.41, 5.74) is 4.15. The molecule has 3 atom stereocenters. The predicted molar refractivity (Wildman–Crippen MR) is 140 cm³/mol. The number of rotatable bonds is 4. The predicted octanol–water partition coefficient (Wildman–Crippen LogP) is 4.59. The number of carboxylic acids is 1. The standard InChI is InChI=1S/C30H33N3O4/c1-29(2)23(19-7-9-20(10-8-19)28(36)37)11-13-30(3)18-33(15-12-24(29)30)27(35)22-16-25(34)32(4)26(22)21-6-5-14-31-17-21/h5-12,14,17,22,26H,13,15-16,18H2,1-4H3,(H,36,37)/t22-,26+,30-/m1/s1. The number of hydrogen-bond donors (Lipinski definition) is 1. The Morgan fingerprint density at radius 1 is 1.08 bits per heavy atom. The number of likely N-dealkylation sites (tertiary alicyclic amines) is 1. The van der Waals surface area contributed by atoms with E-state index in [2.05, 4.69) is 37.9 Å². The maximum Gasteiger partial charge on any atom is 0.335 e. The molecule has 1 aliphatic carbocycles. The molecule has 1 N–H and O–H groups in total. The SMILES string of the molecule is CN1C(=O)C[C@@H](C(=O)N2CC=C3C(C)(C)C(c4ccc(C(=O)O)cc4)=CC[C@]3(C)C2)[C@@H]1c1cccnc1. The topological polar surface area (TPSA) is 90.8 Å². The van der Waals surface area contributed by atoms with Gasteiger partial charge in [-0.2, -0.15) is 0 Å². The summed E-state index contributed by atoms with van der Waals surface area (Å²) in [7, 11) is 1.77. The highest BCUT2D eigenvalue weighted by Gasteiger charge is 2.49. The summed E-state index contributed by atoms with van der Waals surface area (Å²) >= 11 is 0. The minimum Gasteiger partial charge on any atom is -0.478 e. The number of carbonyl (C=O) groups excluding carboxylic acids is 2. The van der Waals surface area contributed by atoms with Crippen molar-refractivity contribution < 1.29 is 19.5 Å². The zero-order valence-corrected chi connectivity index (χ0v) is 21.8. The number of fused-ring (bicyclic) bond motifs is 1. The van der Waals surface area contributed by atoms with Crippen LogP contribution < -0.4 is 0 Å². The van der Waals surface area contributed by atoms with E-state index in [0.29, 0.717) is 13.1 Å². The molecular formula is C30H33N3O4. The van der Waals surface area contributed by atoms with Crippen molar-refractivity contribution in [2.45, 2.75) is 39.7 Å². The number of aromatic nitrogens is 1. The smallest absolute Gasteiger partial charge is 0.335 e. The van der Waals surface area contributed by atoms with Crippen molar-refractivity contribution in [3.05, 3.63) is 83.2 Å². The molecule has 7 nitrogen and oxygen atoms in total. The van der Waals surface area contributed by atoms with Crippen molar-refractivity contribution in [2.24, 2.45) is 16.7 Å². The summed E-state index contributed by atoms with van der Waals surface area (Å²) in [6.07, 6.45) is 8.86. The number of carbonyl (C=O) groups is 3. The normalized spacial score (nSPS) is 26.9. The highest BCUT2D eigenvalue weighted by atomic mass is 16.4. The number of benzene rings is 1. The highest BCUT2D eigenvalue weighted by molar-refractivity contribution is 5.91. The van der Waals surface area contributed by atoms with Gasteiger partial charge in [-0.1, -0.05) is 56.7 Å². The maximum absolute atomic E-state index is 13.9. The first-order valence-corrected chi connectivity index (χ1v) is 12.7. The van der Waals surface area contributed by atoms with E-state index < -0.39 is 11.9 Å². The Morgan fingerprint density at radius 3 is 2.46 bits per heavy atom. The van der Waals surface area contributed by atoms with Gasteiger partial charge >= 0.3 is 5.97 Å². The van der Waals surface area contributed by atoms with Crippen LogP contribution in [0.15, 0.2) is 66.5 Å². The van der Waals surface area contributed by atoms with Gasteiger partial charge in [-0.25, -0.2) is 4.79 Å². The van der Waals surface area contributed by atoms with Gasteiger partial charge in [-0.3, -0.25) is 14.6 Å². The van der Waals surface area contributed by atoms with Crippen molar-refractivity contribution in [1.82, 2.24) is 14.8 Å². The van der Waals surface area contributed by atoms with Crippen LogP contribution in [0.25, 0.3) is 5.57 Å². The van der Waals surface area contributed by atoms with Crippen molar-refractivity contribution in [1.29, 1.82) is 0 Å². The molecule has 7 heteroatoms. The van der Waals surface area contributed by atoms with Crippen LogP contribution in [0.4, 0.5) is 0 Å². The summed E-state index contributed by atoms with van der Waals surface area (Å²) < 4.78 is 0. The summed E-state index contributed by atoms with van der Waals surface area (Å²) in [4.78, 5) is 45.6. The van der Waals surface area contributed by atoms with Gasteiger partial charge in [0.15, 0.2) is 0 Å². The Kier molecular flexibility index (Phi) is 6.05. The van der Waals surface area contributed by atoms with Crippen LogP contribution in [0, 0.1) is 16.7 Å². The minimum absolute atomic E-state index is 0.0138. The lowest BCUT2D eigenvalue weighted by Crippen LogP contribution is -2.50. The van der Waals surface area contributed by atoms with E-state index in [1.165, 1.54) is 11.1 Å². The Balaban J connectivity index is 1.40. The third kappa shape index (κ3) is 4.16. The molecule has 3 heterocycles. The van der Waals surface area contributed by atoms with Crippen LogP contribution in [0.5, 0.6) is 0 Å². The largest absolute Gasteiger partial charge is 0.478 e. The highest BCUT2D eigenvalue weighted by Crippen LogP contribution is 2.55. The molecule has 0 bridgehead atoms. The first-order valence-electron chi connectivity index (χ1n) is 12.7. The first kappa shape index (κ1) is 24.9. The van der Waals surface area contributed by atoms with Gasteiger partial charge in [0, 0.05) is 49.8 Å². The third-order valence-electron chi connectivity index (χ3n) is 8.49. The van der Waals surface area contributed by atoms with E-state index in [1.807, 2.05) is 29.2 Å². The summed E-state index contributed by atoms with van der Waals surface area (Å²) in [6.45, 7) is 7.72. The van der Waals surface area contributed by atoms with Gasteiger partial charge < -0.3 is 14.9 Å².